The molecule has 0 bridgehead atoms. The van der Waals surface area contributed by atoms with Gasteiger partial charge in [-0.2, -0.15) is 0 Å². The summed E-state index contributed by atoms with van der Waals surface area (Å²) in [6.45, 7) is 0. The van der Waals surface area contributed by atoms with Gasteiger partial charge in [0.25, 0.3) is 0 Å². The Morgan fingerprint density at radius 2 is 0.983 bits per heavy atom. The molecule has 0 radical (unpaired) electrons. The highest BCUT2D eigenvalue weighted by molar-refractivity contribution is 7.27. The molecule has 0 aliphatic heterocycles. The minimum atomic E-state index is -0.441. The fourth-order valence-corrected chi connectivity index (χ4v) is 12.2. The van der Waals surface area contributed by atoms with Crippen LogP contribution in [0.1, 0.15) is 22.3 Å². The molecule has 0 unspecified atom stereocenters. The number of hydrogen-bond acceptors (Lipinski definition) is 3. The molecule has 4 aromatic heterocycles. The Morgan fingerprint density at radius 1 is 0.448 bits per heavy atom. The summed E-state index contributed by atoms with van der Waals surface area (Å²) in [5, 5.41) is 6.11. The fourth-order valence-electron chi connectivity index (χ4n) is 11.0. The van der Waals surface area contributed by atoms with Crippen LogP contribution >= 0.6 is 11.3 Å². The molecule has 12 aromatic rings. The lowest BCUT2D eigenvalue weighted by molar-refractivity contribution is 0.792. The lowest BCUT2D eigenvalue weighted by Crippen LogP contribution is -2.26. The van der Waals surface area contributed by atoms with E-state index in [2.05, 4.69) is 184 Å². The summed E-state index contributed by atoms with van der Waals surface area (Å²) in [5.41, 5.74) is 18.2. The van der Waals surface area contributed by atoms with Crippen molar-refractivity contribution in [2.24, 2.45) is 0 Å². The number of thiophene rings is 1. The normalized spacial score (nSPS) is 13.7. The number of rotatable bonds is 2. The minimum absolute atomic E-state index is 0.441. The number of para-hydroxylation sites is 3. The van der Waals surface area contributed by atoms with E-state index in [9.17, 15) is 0 Å². The Labute approximate surface area is 336 Å². The van der Waals surface area contributed by atoms with Crippen LogP contribution in [0.15, 0.2) is 182 Å². The van der Waals surface area contributed by atoms with Gasteiger partial charge >= 0.3 is 0 Å². The Kier molecular flexibility index (Phi) is 5.82. The van der Waals surface area contributed by atoms with E-state index >= 15 is 0 Å². The molecule has 2 aliphatic rings. The van der Waals surface area contributed by atoms with E-state index in [1.54, 1.807) is 17.7 Å². The van der Waals surface area contributed by atoms with E-state index in [0.717, 1.165) is 21.6 Å². The van der Waals surface area contributed by atoms with Crippen LogP contribution in [0.5, 0.6) is 0 Å². The largest absolute Gasteiger partial charge is 0.308 e. The number of nitrogens with zero attached hydrogens (tertiary/aromatic N) is 4. The molecule has 2 aliphatic carbocycles. The SMILES string of the molecule is c1ccc(-n2c3ccccc3c3c4c(c5ccccc5n4-c4ccc5c(c4)C4(c6ccccc6-c6ccccc64)c4ccccc4-5)c4sc5cncnc5c4c32)cc1. The summed E-state index contributed by atoms with van der Waals surface area (Å²) in [6, 6.07) is 63.1. The van der Waals surface area contributed by atoms with E-state index in [0.29, 0.717) is 0 Å². The summed E-state index contributed by atoms with van der Waals surface area (Å²) in [5.74, 6) is 0. The predicted molar refractivity (Wildman–Crippen MR) is 240 cm³/mol. The molecule has 0 atom stereocenters. The van der Waals surface area contributed by atoms with Crippen molar-refractivity contribution in [1.29, 1.82) is 0 Å². The molecule has 8 aromatic carbocycles. The van der Waals surface area contributed by atoms with Crippen LogP contribution in [-0.2, 0) is 5.41 Å². The van der Waals surface area contributed by atoms with E-state index in [-0.39, 0.29) is 0 Å². The smallest absolute Gasteiger partial charge is 0.116 e. The molecule has 4 heterocycles. The average molecular weight is 755 g/mol. The topological polar surface area (TPSA) is 35.6 Å². The van der Waals surface area contributed by atoms with Crippen LogP contribution in [0.2, 0.25) is 0 Å². The van der Waals surface area contributed by atoms with Crippen molar-refractivity contribution in [3.05, 3.63) is 205 Å². The first-order chi connectivity index (χ1) is 28.8. The van der Waals surface area contributed by atoms with Crippen molar-refractivity contribution in [3.63, 3.8) is 0 Å². The third kappa shape index (κ3) is 3.58. The van der Waals surface area contributed by atoms with Gasteiger partial charge < -0.3 is 9.13 Å². The lowest BCUT2D eigenvalue weighted by Gasteiger charge is -2.30. The second-order valence-corrected chi connectivity index (χ2v) is 16.7. The van der Waals surface area contributed by atoms with Gasteiger partial charge in [0.2, 0.25) is 0 Å². The number of aromatic nitrogens is 4. The van der Waals surface area contributed by atoms with E-state index in [1.165, 1.54) is 98.2 Å². The first kappa shape index (κ1) is 30.8. The van der Waals surface area contributed by atoms with Crippen molar-refractivity contribution in [1.82, 2.24) is 19.1 Å². The third-order valence-electron chi connectivity index (χ3n) is 13.1. The van der Waals surface area contributed by atoms with Crippen LogP contribution < -0.4 is 0 Å². The summed E-state index contributed by atoms with van der Waals surface area (Å²) in [7, 11) is 0. The summed E-state index contributed by atoms with van der Waals surface area (Å²) >= 11 is 1.80. The molecule has 58 heavy (non-hydrogen) atoms. The van der Waals surface area contributed by atoms with Crippen molar-refractivity contribution >= 4 is 75.3 Å². The number of benzene rings is 8. The zero-order chi connectivity index (χ0) is 37.7. The van der Waals surface area contributed by atoms with Crippen LogP contribution in [0.25, 0.3) is 97.5 Å². The predicted octanol–water partition coefficient (Wildman–Crippen LogP) is 13.4. The second kappa shape index (κ2) is 10.9. The van der Waals surface area contributed by atoms with Gasteiger partial charge in [-0.25, -0.2) is 9.97 Å². The molecule has 0 saturated heterocycles. The van der Waals surface area contributed by atoms with E-state index < -0.39 is 5.41 Å². The molecule has 0 saturated carbocycles. The van der Waals surface area contributed by atoms with Crippen molar-refractivity contribution in [2.45, 2.75) is 5.41 Å². The molecule has 0 N–H and O–H groups in total. The number of fused-ring (bicyclic) bond motifs is 22. The maximum atomic E-state index is 4.99. The molecule has 4 nitrogen and oxygen atoms in total. The molecule has 14 rings (SSSR count). The number of hydrogen-bond donors (Lipinski definition) is 0. The highest BCUT2D eigenvalue weighted by atomic mass is 32.1. The average Bonchev–Trinajstić information content (AvgIpc) is 4.07. The van der Waals surface area contributed by atoms with E-state index in [1.807, 2.05) is 6.20 Å². The van der Waals surface area contributed by atoms with Crippen LogP contribution in [-0.4, -0.2) is 19.1 Å². The third-order valence-corrected chi connectivity index (χ3v) is 14.2. The first-order valence-electron chi connectivity index (χ1n) is 19.8. The molecule has 0 amide bonds. The Morgan fingerprint density at radius 3 is 1.66 bits per heavy atom. The van der Waals surface area contributed by atoms with Gasteiger partial charge in [0.1, 0.15) is 6.33 Å². The monoisotopic (exact) mass is 754 g/mol. The van der Waals surface area contributed by atoms with Crippen LogP contribution in [0.3, 0.4) is 0 Å². The summed E-state index contributed by atoms with van der Waals surface area (Å²) in [4.78, 5) is 9.50. The van der Waals surface area contributed by atoms with Gasteiger partial charge in [-0.15, -0.1) is 11.3 Å². The van der Waals surface area contributed by atoms with Gasteiger partial charge in [-0.05, 0) is 80.9 Å². The zero-order valence-electron chi connectivity index (χ0n) is 31.0. The Balaban J connectivity index is 1.20. The van der Waals surface area contributed by atoms with Crippen molar-refractivity contribution in [3.8, 4) is 33.6 Å². The summed E-state index contributed by atoms with van der Waals surface area (Å²) in [6.07, 6.45) is 3.68. The van der Waals surface area contributed by atoms with Crippen molar-refractivity contribution < 1.29 is 0 Å². The highest BCUT2D eigenvalue weighted by Crippen LogP contribution is 2.63. The minimum Gasteiger partial charge on any atom is -0.308 e. The standard InChI is InChI=1S/C53H30N4S/c1-2-14-31(15-3-1)56-43-24-12-7-19-37(43)46-50-47(52-48(51(46)56)49-45(58-52)29-54-30-55-49)38-20-8-13-25-44(38)57(50)32-26-27-36-35-18-6-11-23-41(35)53(42(36)28-32)39-21-9-4-16-33(39)34-17-5-10-22-40(34)53/h1-30H. The molecule has 5 heteroatoms. The molecular weight excluding hydrogens is 725 g/mol. The Hall–Kier alpha value is -7.34. The maximum absolute atomic E-state index is 4.99. The van der Waals surface area contributed by atoms with Crippen LogP contribution in [0.4, 0.5) is 0 Å². The van der Waals surface area contributed by atoms with Gasteiger partial charge in [-0.3, -0.25) is 0 Å². The van der Waals surface area contributed by atoms with Gasteiger partial charge in [-0.1, -0.05) is 133 Å². The zero-order valence-corrected chi connectivity index (χ0v) is 31.8. The molecule has 1 spiro atoms. The first-order valence-corrected chi connectivity index (χ1v) is 20.6. The van der Waals surface area contributed by atoms with Gasteiger partial charge in [0.15, 0.2) is 0 Å². The van der Waals surface area contributed by atoms with E-state index in [4.69, 9.17) is 4.98 Å². The van der Waals surface area contributed by atoms with Gasteiger partial charge in [0, 0.05) is 49.2 Å². The van der Waals surface area contributed by atoms with Crippen molar-refractivity contribution in [2.75, 3.05) is 0 Å². The highest BCUT2D eigenvalue weighted by Gasteiger charge is 2.51. The van der Waals surface area contributed by atoms with Gasteiger partial charge in [0.05, 0.1) is 37.7 Å². The lowest BCUT2D eigenvalue weighted by atomic mass is 9.70. The van der Waals surface area contributed by atoms with Crippen LogP contribution in [0, 0.1) is 0 Å². The molecular formula is C53H30N4S. The maximum Gasteiger partial charge on any atom is 0.116 e. The molecule has 0 fully saturated rings. The quantitative estimate of drug-likeness (QED) is 0.176. The second-order valence-electron chi connectivity index (χ2n) is 15.6. The Bertz CT molecular complexity index is 3690. The molecule has 268 valence electrons. The summed E-state index contributed by atoms with van der Waals surface area (Å²) < 4.78 is 7.35. The fraction of sp³-hybridized carbons (Fsp3) is 0.0189.